The van der Waals surface area contributed by atoms with E-state index in [9.17, 15) is 4.79 Å². The van der Waals surface area contributed by atoms with Gasteiger partial charge in [-0.1, -0.05) is 36.7 Å². The van der Waals surface area contributed by atoms with Crippen LogP contribution in [0.2, 0.25) is 5.02 Å². The van der Waals surface area contributed by atoms with Crippen molar-refractivity contribution in [3.8, 4) is 0 Å². The fourth-order valence-electron chi connectivity index (χ4n) is 3.55. The Morgan fingerprint density at radius 3 is 2.79 bits per heavy atom. The lowest BCUT2D eigenvalue weighted by molar-refractivity contribution is -0.123. The maximum atomic E-state index is 12.1. The summed E-state index contributed by atoms with van der Waals surface area (Å²) < 4.78 is 0. The van der Waals surface area contributed by atoms with Gasteiger partial charge in [-0.15, -0.1) is 0 Å². The molecule has 1 fully saturated rings. The number of hydrogen-bond donors (Lipinski definition) is 0. The van der Waals surface area contributed by atoms with Gasteiger partial charge in [0.1, 0.15) is 0 Å². The number of benzene rings is 1. The molecule has 0 heterocycles. The number of fused-ring (bicyclic) bond motifs is 2. The van der Waals surface area contributed by atoms with E-state index in [2.05, 4.69) is 25.1 Å². The van der Waals surface area contributed by atoms with Crippen LogP contribution < -0.4 is 0 Å². The van der Waals surface area contributed by atoms with Crippen molar-refractivity contribution in [2.75, 3.05) is 0 Å². The fourth-order valence-corrected chi connectivity index (χ4v) is 3.67. The predicted octanol–water partition coefficient (Wildman–Crippen LogP) is 4.44. The molecule has 2 aliphatic rings. The summed E-state index contributed by atoms with van der Waals surface area (Å²) in [4.78, 5) is 12.1. The lowest BCUT2D eigenvalue weighted by atomic mass is 9.61. The molecule has 1 aromatic rings. The first-order chi connectivity index (χ1) is 9.06. The summed E-state index contributed by atoms with van der Waals surface area (Å²) in [5.41, 5.74) is 1.55. The highest BCUT2D eigenvalue weighted by Gasteiger charge is 2.41. The fraction of sp³-hybridized carbons (Fsp3) is 0.471. The van der Waals surface area contributed by atoms with Crippen molar-refractivity contribution >= 4 is 17.4 Å². The predicted molar refractivity (Wildman–Crippen MR) is 78.2 cm³/mol. The van der Waals surface area contributed by atoms with Crippen molar-refractivity contribution in [3.05, 3.63) is 47.0 Å². The second-order valence-electron chi connectivity index (χ2n) is 6.33. The van der Waals surface area contributed by atoms with Crippen LogP contribution in [0.3, 0.4) is 0 Å². The Kier molecular flexibility index (Phi) is 3.26. The molecular weight excluding hydrogens is 256 g/mol. The third-order valence-corrected chi connectivity index (χ3v) is 5.02. The van der Waals surface area contributed by atoms with Crippen LogP contribution in [-0.4, -0.2) is 5.78 Å². The molecule has 0 aromatic heterocycles. The molecule has 2 bridgehead atoms. The quantitative estimate of drug-likeness (QED) is 0.779. The summed E-state index contributed by atoms with van der Waals surface area (Å²) in [6.07, 6.45) is 8.33. The van der Waals surface area contributed by atoms with Crippen LogP contribution in [0, 0.1) is 17.3 Å². The van der Waals surface area contributed by atoms with Crippen molar-refractivity contribution < 1.29 is 4.79 Å². The van der Waals surface area contributed by atoms with Gasteiger partial charge in [-0.3, -0.25) is 4.79 Å². The van der Waals surface area contributed by atoms with Crippen LogP contribution in [0.1, 0.15) is 31.7 Å². The largest absolute Gasteiger partial charge is 0.295 e. The zero-order valence-electron chi connectivity index (χ0n) is 11.2. The van der Waals surface area contributed by atoms with E-state index in [1.54, 1.807) is 0 Å². The van der Waals surface area contributed by atoms with Gasteiger partial charge in [-0.2, -0.15) is 0 Å². The number of ketones is 1. The summed E-state index contributed by atoms with van der Waals surface area (Å²) in [6.45, 7) is 2.28. The second kappa shape index (κ2) is 4.79. The first-order valence-corrected chi connectivity index (χ1v) is 7.41. The van der Waals surface area contributed by atoms with E-state index in [1.165, 1.54) is 12.0 Å². The first-order valence-electron chi connectivity index (χ1n) is 7.03. The monoisotopic (exact) mass is 274 g/mol. The van der Waals surface area contributed by atoms with Crippen molar-refractivity contribution in [3.63, 3.8) is 0 Å². The minimum Gasteiger partial charge on any atom is -0.295 e. The van der Waals surface area contributed by atoms with Crippen molar-refractivity contribution in [2.24, 2.45) is 17.3 Å². The topological polar surface area (TPSA) is 17.1 Å². The summed E-state index contributed by atoms with van der Waals surface area (Å²) in [7, 11) is 0. The van der Waals surface area contributed by atoms with Gasteiger partial charge in [0.25, 0.3) is 0 Å². The molecule has 0 radical (unpaired) electrons. The Hall–Kier alpha value is -1.08. The molecule has 0 aliphatic heterocycles. The third-order valence-electron chi connectivity index (χ3n) is 4.77. The average molecular weight is 275 g/mol. The number of halogens is 1. The van der Waals surface area contributed by atoms with Crippen LogP contribution in [-0.2, 0) is 11.2 Å². The van der Waals surface area contributed by atoms with E-state index in [4.69, 9.17) is 11.6 Å². The third kappa shape index (κ3) is 2.62. The van der Waals surface area contributed by atoms with Crippen molar-refractivity contribution in [1.82, 2.24) is 0 Å². The normalized spacial score (nSPS) is 33.5. The highest BCUT2D eigenvalue weighted by atomic mass is 35.5. The Bertz CT molecular complexity index is 517. The minimum absolute atomic E-state index is 0.222. The summed E-state index contributed by atoms with van der Waals surface area (Å²) in [6, 6.07) is 8.04. The average Bonchev–Trinajstić information content (AvgIpc) is 2.40. The zero-order chi connectivity index (χ0) is 13.5. The highest BCUT2D eigenvalue weighted by Crippen LogP contribution is 2.47. The van der Waals surface area contributed by atoms with Gasteiger partial charge in [0, 0.05) is 10.9 Å². The van der Waals surface area contributed by atoms with Gasteiger partial charge in [0.05, 0.1) is 0 Å². The molecule has 2 heteroatoms. The van der Waals surface area contributed by atoms with Crippen LogP contribution in [0.5, 0.6) is 0 Å². The molecule has 3 atom stereocenters. The molecule has 19 heavy (non-hydrogen) atoms. The van der Waals surface area contributed by atoms with Crippen molar-refractivity contribution in [1.29, 1.82) is 0 Å². The molecule has 0 N–H and O–H groups in total. The highest BCUT2D eigenvalue weighted by molar-refractivity contribution is 6.30. The van der Waals surface area contributed by atoms with Gasteiger partial charge in [-0.25, -0.2) is 0 Å². The molecular formula is C17H19ClO. The lowest BCUT2D eigenvalue weighted by Crippen LogP contribution is -2.38. The number of rotatable bonds is 2. The van der Waals surface area contributed by atoms with E-state index >= 15 is 0 Å². The molecule has 0 amide bonds. The van der Waals surface area contributed by atoms with Crippen LogP contribution in [0.25, 0.3) is 0 Å². The molecule has 1 saturated carbocycles. The van der Waals surface area contributed by atoms with Crippen LogP contribution >= 0.6 is 11.6 Å². The van der Waals surface area contributed by atoms with Gasteiger partial charge in [0.15, 0.2) is 5.78 Å². The zero-order valence-corrected chi connectivity index (χ0v) is 12.0. The summed E-state index contributed by atoms with van der Waals surface area (Å²) >= 11 is 5.92. The Morgan fingerprint density at radius 2 is 2.05 bits per heavy atom. The van der Waals surface area contributed by atoms with E-state index in [1.807, 2.05) is 18.2 Å². The Labute approximate surface area is 119 Å². The van der Waals surface area contributed by atoms with Crippen LogP contribution in [0.4, 0.5) is 0 Å². The summed E-state index contributed by atoms with van der Waals surface area (Å²) in [5, 5.41) is 0.775. The Balaban J connectivity index is 1.77. The molecule has 1 unspecified atom stereocenters. The first kappa shape index (κ1) is 12.9. The number of carbonyl (C=O) groups excluding carboxylic acids is 1. The van der Waals surface area contributed by atoms with E-state index < -0.39 is 0 Å². The standard InChI is InChI=1S/C17H19ClO/c1-17-8-6-13(15(11-17)16(19)7-9-17)10-12-2-4-14(18)5-3-12/h2-5,7,9,13,15H,6,8,10-11H2,1H3/t13?,15-,17+/m1/s1. The molecule has 0 spiro atoms. The maximum absolute atomic E-state index is 12.1. The van der Waals surface area contributed by atoms with E-state index in [0.29, 0.717) is 11.7 Å². The lowest BCUT2D eigenvalue weighted by Gasteiger charge is -2.43. The van der Waals surface area contributed by atoms with Crippen molar-refractivity contribution in [2.45, 2.75) is 32.6 Å². The maximum Gasteiger partial charge on any atom is 0.158 e. The number of carbonyl (C=O) groups is 1. The molecule has 0 saturated heterocycles. The van der Waals surface area contributed by atoms with Gasteiger partial charge >= 0.3 is 0 Å². The molecule has 1 nitrogen and oxygen atoms in total. The van der Waals surface area contributed by atoms with Crippen LogP contribution in [0.15, 0.2) is 36.4 Å². The number of hydrogen-bond acceptors (Lipinski definition) is 1. The molecule has 2 aliphatic carbocycles. The molecule has 3 rings (SSSR count). The number of allylic oxidation sites excluding steroid dienone is 2. The second-order valence-corrected chi connectivity index (χ2v) is 6.77. The Morgan fingerprint density at radius 1 is 1.32 bits per heavy atom. The smallest absolute Gasteiger partial charge is 0.158 e. The SMILES string of the molecule is C[C@]12C=CC(=O)[C@H](C1)C(Cc1ccc(Cl)cc1)CC2. The van der Waals surface area contributed by atoms with Gasteiger partial charge in [-0.05, 0) is 60.8 Å². The van der Waals surface area contributed by atoms with E-state index in [0.717, 1.165) is 24.3 Å². The van der Waals surface area contributed by atoms with E-state index in [-0.39, 0.29) is 11.3 Å². The summed E-state index contributed by atoms with van der Waals surface area (Å²) in [5.74, 6) is 1.04. The van der Waals surface area contributed by atoms with Gasteiger partial charge < -0.3 is 0 Å². The molecule has 1 aromatic carbocycles. The minimum atomic E-state index is 0.222. The molecule has 100 valence electrons. The van der Waals surface area contributed by atoms with Gasteiger partial charge in [0.2, 0.25) is 0 Å².